The highest BCUT2D eigenvalue weighted by Crippen LogP contribution is 2.43. The number of alkyl carbamates (subject to hydrolysis) is 1. The molecule has 2 bridgehead atoms. The summed E-state index contributed by atoms with van der Waals surface area (Å²) in [6.07, 6.45) is 2.06. The number of aromatic nitrogens is 3. The van der Waals surface area contributed by atoms with E-state index >= 15 is 8.78 Å². The van der Waals surface area contributed by atoms with Crippen LogP contribution in [0.1, 0.15) is 107 Å². The molecule has 5 aromatic rings. The monoisotopic (exact) mass is 1090 g/mol. The molecule has 0 saturated carbocycles. The zero-order valence-corrected chi connectivity index (χ0v) is 49.0. The van der Waals surface area contributed by atoms with E-state index in [2.05, 4.69) is 92.4 Å². The molecule has 1 N–H and O–H groups in total. The summed E-state index contributed by atoms with van der Waals surface area (Å²) in [6.45, 7) is 29.2. The summed E-state index contributed by atoms with van der Waals surface area (Å²) in [4.78, 5) is 50.3. The predicted molar refractivity (Wildman–Crippen MR) is 305 cm³/mol. The van der Waals surface area contributed by atoms with Crippen molar-refractivity contribution >= 4 is 47.8 Å². The van der Waals surface area contributed by atoms with Gasteiger partial charge in [0.15, 0.2) is 12.6 Å². The van der Waals surface area contributed by atoms with Crippen LogP contribution in [0.2, 0.25) is 16.6 Å². The molecule has 0 radical (unpaired) electrons. The minimum atomic E-state index is -2.37. The lowest BCUT2D eigenvalue weighted by Crippen LogP contribution is -2.57. The number of carbonyl (C=O) groups is 2. The van der Waals surface area contributed by atoms with E-state index in [9.17, 15) is 9.59 Å². The Morgan fingerprint density at radius 2 is 1.46 bits per heavy atom. The first-order valence-electron chi connectivity index (χ1n) is 27.6. The number of carbonyl (C=O) groups excluding carboxylic acids is 2. The highest BCUT2D eigenvalue weighted by molar-refractivity contribution is 6.90. The van der Waals surface area contributed by atoms with Gasteiger partial charge in [0.2, 0.25) is 0 Å². The molecule has 3 saturated heterocycles. The fraction of sp³-hybridized carbons (Fsp3) is 0.550. The van der Waals surface area contributed by atoms with Gasteiger partial charge < -0.3 is 33.9 Å². The first kappa shape index (κ1) is 58.0. The Bertz CT molecular complexity index is 2970. The molecule has 0 aliphatic carbocycles. The molecule has 3 aromatic carbocycles. The van der Waals surface area contributed by atoms with Crippen molar-refractivity contribution in [3.05, 3.63) is 83.6 Å². The molecular weight excluding hydrogens is 1010 g/mol. The van der Waals surface area contributed by atoms with Gasteiger partial charge in [0.25, 0.3) is 0 Å². The topological polar surface area (TPSA) is 144 Å². The maximum atomic E-state index is 18.2. The second-order valence-corrected chi connectivity index (χ2v) is 29.7. The average molecular weight is 1090 g/mol. The number of hydrogen-bond donors (Lipinski definition) is 1. The van der Waals surface area contributed by atoms with E-state index in [1.807, 2.05) is 36.6 Å². The number of piperazine rings is 2. The molecule has 78 heavy (non-hydrogen) atoms. The van der Waals surface area contributed by atoms with E-state index in [0.29, 0.717) is 47.4 Å². The number of pyridine rings is 1. The zero-order valence-electron chi connectivity index (χ0n) is 48.0. The van der Waals surface area contributed by atoms with Crippen molar-refractivity contribution in [1.29, 1.82) is 0 Å². The van der Waals surface area contributed by atoms with E-state index in [0.717, 1.165) is 45.6 Å². The normalized spacial score (nSPS) is 17.9. The summed E-state index contributed by atoms with van der Waals surface area (Å²) in [6, 6.07) is 15.7. The summed E-state index contributed by atoms with van der Waals surface area (Å²) in [5.74, 6) is 2.75. The van der Waals surface area contributed by atoms with Crippen LogP contribution in [0.5, 0.6) is 11.8 Å². The Morgan fingerprint density at radius 3 is 2.08 bits per heavy atom. The van der Waals surface area contributed by atoms with Gasteiger partial charge in [-0.15, -0.1) is 5.54 Å². The van der Waals surface area contributed by atoms with Crippen molar-refractivity contribution in [3.63, 3.8) is 0 Å². The molecule has 15 nitrogen and oxygen atoms in total. The molecule has 8 rings (SSSR count). The smallest absolute Gasteiger partial charge is 0.410 e. The van der Waals surface area contributed by atoms with Crippen LogP contribution in [-0.4, -0.2) is 146 Å². The molecule has 420 valence electrons. The van der Waals surface area contributed by atoms with Crippen LogP contribution in [0.4, 0.5) is 24.2 Å². The standard InChI is InChI=1S/C60H80F2N8O7Si/c1-38(2)78(39(3)4,40(5)6)28-23-47-50(61)22-19-42-29-46(75-37-73-13)30-48(51(42)47)53-52(62)54-49(31-63-53)55(69-34-44-20-21-45(35-69)70(44)58(72)77-60(10,11)12)66-56(65-54)74-36-43(64-57(71)76-59(7,8)9)33-68-26-24-67(25-27-68)32-41-17-15-14-16-18-41/h14-19,22,29-31,38-40,43-45H,20-21,24-27,32-37H2,1-13H3,(H,64,71)/t43-,44?,45?/m1/s1. The molecule has 0 spiro atoms. The number of methoxy groups -OCH3 is 1. The quantitative estimate of drug-likeness (QED) is 0.0569. The number of nitrogens with one attached hydrogen (secondary N) is 1. The van der Waals surface area contributed by atoms with E-state index in [4.69, 9.17) is 38.6 Å². The Hall–Kier alpha value is -6.13. The van der Waals surface area contributed by atoms with E-state index in [1.165, 1.54) is 18.7 Å². The van der Waals surface area contributed by atoms with Crippen LogP contribution < -0.4 is 19.7 Å². The third-order valence-corrected chi connectivity index (χ3v) is 21.6. The molecule has 2 amide bonds. The Morgan fingerprint density at radius 1 is 0.821 bits per heavy atom. The molecule has 3 atom stereocenters. The zero-order chi connectivity index (χ0) is 56.3. The van der Waals surface area contributed by atoms with Crippen molar-refractivity contribution in [2.75, 3.05) is 71.2 Å². The van der Waals surface area contributed by atoms with Crippen molar-refractivity contribution < 1.29 is 42.1 Å². The first-order valence-corrected chi connectivity index (χ1v) is 29.8. The van der Waals surface area contributed by atoms with Crippen LogP contribution in [0.25, 0.3) is 32.9 Å². The molecule has 18 heteroatoms. The van der Waals surface area contributed by atoms with E-state index in [1.54, 1.807) is 45.2 Å². The number of halogens is 2. The highest BCUT2D eigenvalue weighted by atomic mass is 28.3. The molecular formula is C60H80F2N8O7Si. The van der Waals surface area contributed by atoms with Crippen LogP contribution in [0, 0.1) is 23.1 Å². The number of anilines is 1. The minimum Gasteiger partial charge on any atom is -0.468 e. The number of amides is 2. The van der Waals surface area contributed by atoms with Gasteiger partial charge in [-0.05, 0) is 100 Å². The summed E-state index contributed by atoms with van der Waals surface area (Å²) >= 11 is 0. The van der Waals surface area contributed by atoms with Crippen molar-refractivity contribution in [3.8, 4) is 34.5 Å². The van der Waals surface area contributed by atoms with Crippen LogP contribution in [-0.2, 0) is 20.8 Å². The van der Waals surface area contributed by atoms with Gasteiger partial charge in [0.1, 0.15) is 54.5 Å². The van der Waals surface area contributed by atoms with Crippen LogP contribution in [0.15, 0.2) is 60.8 Å². The van der Waals surface area contributed by atoms with Crippen molar-refractivity contribution in [2.45, 2.75) is 148 Å². The van der Waals surface area contributed by atoms with Gasteiger partial charge in [-0.1, -0.05) is 83.9 Å². The number of nitrogens with zero attached hydrogens (tertiary/aromatic N) is 7. The van der Waals surface area contributed by atoms with Gasteiger partial charge in [-0.25, -0.2) is 18.4 Å². The Labute approximate surface area is 460 Å². The Balaban J connectivity index is 1.22. The number of benzene rings is 3. The summed E-state index contributed by atoms with van der Waals surface area (Å²) in [5, 5.41) is 4.31. The minimum absolute atomic E-state index is 0.0790. The second-order valence-electron chi connectivity index (χ2n) is 24.1. The number of rotatable bonds is 16. The second kappa shape index (κ2) is 24.1. The number of hydrogen-bond acceptors (Lipinski definition) is 13. The van der Waals surface area contributed by atoms with Gasteiger partial charge in [-0.2, -0.15) is 9.97 Å². The molecule has 3 fully saturated rings. The number of fused-ring (bicyclic) bond motifs is 4. The summed E-state index contributed by atoms with van der Waals surface area (Å²) < 4.78 is 64.2. The summed E-state index contributed by atoms with van der Waals surface area (Å²) in [5.41, 5.74) is 4.55. The maximum absolute atomic E-state index is 18.2. The third kappa shape index (κ3) is 13.3. The lowest BCUT2D eigenvalue weighted by atomic mass is 9.95. The highest BCUT2D eigenvalue weighted by Gasteiger charge is 2.46. The Kier molecular flexibility index (Phi) is 17.9. The molecule has 3 aliphatic heterocycles. The lowest BCUT2D eigenvalue weighted by Gasteiger charge is -2.42. The first-order chi connectivity index (χ1) is 36.9. The largest absolute Gasteiger partial charge is 0.468 e. The van der Waals surface area contributed by atoms with E-state index in [-0.39, 0.29) is 76.5 Å². The fourth-order valence-corrected chi connectivity index (χ4v) is 17.0. The van der Waals surface area contributed by atoms with Gasteiger partial charge >= 0.3 is 18.2 Å². The fourth-order valence-electron chi connectivity index (χ4n) is 11.8. The average Bonchev–Trinajstić information content (AvgIpc) is 3.84. The van der Waals surface area contributed by atoms with Gasteiger partial charge in [0, 0.05) is 76.6 Å². The van der Waals surface area contributed by atoms with Crippen LogP contribution in [0.3, 0.4) is 0 Å². The van der Waals surface area contributed by atoms with Crippen molar-refractivity contribution in [2.24, 2.45) is 0 Å². The van der Waals surface area contributed by atoms with Crippen molar-refractivity contribution in [1.82, 2.24) is 35.0 Å². The lowest BCUT2D eigenvalue weighted by molar-refractivity contribution is 0.0122. The van der Waals surface area contributed by atoms with Gasteiger partial charge in [0.05, 0.1) is 29.1 Å². The third-order valence-electron chi connectivity index (χ3n) is 15.3. The van der Waals surface area contributed by atoms with E-state index < -0.39 is 43.0 Å². The molecule has 5 heterocycles. The summed E-state index contributed by atoms with van der Waals surface area (Å²) in [7, 11) is -0.865. The SMILES string of the molecule is COCOc1cc(-c2ncc3c(N4CC5CCC(C4)N5C(=O)OC(C)(C)C)nc(OC[C@@H](CN4CCN(Cc5ccccc5)CC4)NC(=O)OC(C)(C)C)nc3c2F)c2c(C#C[Si](C(C)C)(C(C)C)C(C)C)c(F)ccc2c1. The maximum Gasteiger partial charge on any atom is 0.410 e. The predicted octanol–water partition coefficient (Wildman–Crippen LogP) is 11.4. The molecule has 2 unspecified atom stereocenters. The van der Waals surface area contributed by atoms with Gasteiger partial charge in [-0.3, -0.25) is 19.7 Å². The number of ether oxygens (including phenoxy) is 5. The molecule has 2 aromatic heterocycles. The van der Waals surface area contributed by atoms with Crippen LogP contribution >= 0.6 is 0 Å². The molecule has 3 aliphatic rings.